The van der Waals surface area contributed by atoms with Crippen LogP contribution in [0.5, 0.6) is 0 Å². The molecule has 6 heteroatoms. The number of hydrogen-bond donors (Lipinski definition) is 1. The van der Waals surface area contributed by atoms with Gasteiger partial charge in [-0.2, -0.15) is 5.26 Å². The normalized spacial score (nSPS) is 12.3. The van der Waals surface area contributed by atoms with Crippen molar-refractivity contribution in [3.8, 4) is 6.07 Å². The van der Waals surface area contributed by atoms with Crippen LogP contribution >= 0.6 is 0 Å². The van der Waals surface area contributed by atoms with Crippen molar-refractivity contribution >= 4 is 12.1 Å². The van der Waals surface area contributed by atoms with Gasteiger partial charge in [0.25, 0.3) is 0 Å². The number of hydrogen-bond acceptors (Lipinski definition) is 5. The van der Waals surface area contributed by atoms with Crippen molar-refractivity contribution in [2.45, 2.75) is 25.4 Å². The Morgan fingerprint density at radius 2 is 1.67 bits per heavy atom. The zero-order valence-corrected chi connectivity index (χ0v) is 15.2. The maximum absolute atomic E-state index is 12.5. The van der Waals surface area contributed by atoms with E-state index < -0.39 is 17.5 Å². The number of nitrogens with zero attached hydrogens (tertiary/aromatic N) is 1. The third kappa shape index (κ3) is 5.32. The molecule has 0 aliphatic heterocycles. The van der Waals surface area contributed by atoms with E-state index in [0.29, 0.717) is 5.56 Å². The summed E-state index contributed by atoms with van der Waals surface area (Å²) >= 11 is 0. The molecule has 1 unspecified atom stereocenters. The van der Waals surface area contributed by atoms with Gasteiger partial charge in [0.05, 0.1) is 12.7 Å². The van der Waals surface area contributed by atoms with Crippen molar-refractivity contribution in [2.75, 3.05) is 13.2 Å². The molecule has 0 aromatic heterocycles. The molecule has 2 aromatic rings. The van der Waals surface area contributed by atoms with Gasteiger partial charge in [0, 0.05) is 6.54 Å². The number of rotatable bonds is 8. The number of carbonyl (C=O) groups excluding carboxylic acids is 2. The minimum Gasteiger partial charge on any atom is -0.465 e. The fourth-order valence-electron chi connectivity index (χ4n) is 2.63. The second-order valence-corrected chi connectivity index (χ2v) is 5.84. The van der Waals surface area contributed by atoms with Gasteiger partial charge in [-0.15, -0.1) is 0 Å². The van der Waals surface area contributed by atoms with Gasteiger partial charge in [0.2, 0.25) is 0 Å². The Balaban J connectivity index is 1.98. The molecule has 2 rings (SSSR count). The summed E-state index contributed by atoms with van der Waals surface area (Å²) in [6, 6.07) is 20.1. The van der Waals surface area contributed by atoms with Crippen molar-refractivity contribution in [3.05, 3.63) is 71.8 Å². The van der Waals surface area contributed by atoms with Crippen LogP contribution in [0.25, 0.3) is 0 Å². The molecule has 0 saturated carbocycles. The Morgan fingerprint density at radius 3 is 2.26 bits per heavy atom. The van der Waals surface area contributed by atoms with Gasteiger partial charge in [-0.1, -0.05) is 60.7 Å². The minimum absolute atomic E-state index is 0.0762. The lowest BCUT2D eigenvalue weighted by atomic mass is 9.79. The van der Waals surface area contributed by atoms with Crippen LogP contribution in [0.3, 0.4) is 0 Å². The van der Waals surface area contributed by atoms with Crippen LogP contribution in [0, 0.1) is 11.3 Å². The maximum atomic E-state index is 12.5. The summed E-state index contributed by atoms with van der Waals surface area (Å²) in [5.74, 6) is -0.627. The summed E-state index contributed by atoms with van der Waals surface area (Å²) in [5.41, 5.74) is -0.0792. The largest absolute Gasteiger partial charge is 0.465 e. The lowest BCUT2D eigenvalue weighted by molar-refractivity contribution is -0.148. The number of alkyl carbamates (subject to hydrolysis) is 1. The van der Waals surface area contributed by atoms with Crippen LogP contribution in [-0.2, 0) is 26.3 Å². The predicted octanol–water partition coefficient (Wildman–Crippen LogP) is 3.33. The molecule has 1 amide bonds. The van der Waals surface area contributed by atoms with Gasteiger partial charge in [-0.3, -0.25) is 0 Å². The van der Waals surface area contributed by atoms with Crippen molar-refractivity contribution in [1.82, 2.24) is 5.32 Å². The van der Waals surface area contributed by atoms with Crippen LogP contribution in [0.2, 0.25) is 0 Å². The first-order valence-corrected chi connectivity index (χ1v) is 8.71. The minimum atomic E-state index is -1.48. The molecule has 0 aliphatic carbocycles. The fraction of sp³-hybridized carbons (Fsp3) is 0.286. The van der Waals surface area contributed by atoms with Crippen LogP contribution in [0.1, 0.15) is 24.5 Å². The van der Waals surface area contributed by atoms with E-state index in [1.165, 1.54) is 0 Å². The molecule has 27 heavy (non-hydrogen) atoms. The molecule has 0 saturated heterocycles. The van der Waals surface area contributed by atoms with E-state index in [4.69, 9.17) is 9.47 Å². The number of carbonyl (C=O) groups is 2. The van der Waals surface area contributed by atoms with Crippen molar-refractivity contribution < 1.29 is 19.1 Å². The highest BCUT2D eigenvalue weighted by Crippen LogP contribution is 2.29. The molecule has 140 valence electrons. The number of nitrogens with one attached hydrogen (secondary N) is 1. The van der Waals surface area contributed by atoms with Gasteiger partial charge in [0.15, 0.2) is 5.41 Å². The predicted molar refractivity (Wildman–Crippen MR) is 99.6 cm³/mol. The van der Waals surface area contributed by atoms with Gasteiger partial charge in [-0.05, 0) is 24.5 Å². The standard InChI is InChI=1S/C21H22N2O4/c1-2-26-19(24)21(16-22,18-11-7-4-8-12-18)13-14-23-20(25)27-15-17-9-5-3-6-10-17/h3-12H,2,13-15H2,1H3,(H,23,25). The summed E-state index contributed by atoms with van der Waals surface area (Å²) in [6.45, 7) is 2.09. The molecular weight excluding hydrogens is 344 g/mol. The molecular formula is C21H22N2O4. The Labute approximate surface area is 158 Å². The Kier molecular flexibility index (Phi) is 7.38. The molecule has 1 atom stereocenters. The van der Waals surface area contributed by atoms with Gasteiger partial charge in [0.1, 0.15) is 6.61 Å². The number of nitriles is 1. The summed E-state index contributed by atoms with van der Waals surface area (Å²) in [5, 5.41) is 12.3. The zero-order chi connectivity index (χ0) is 19.5. The molecule has 0 spiro atoms. The second kappa shape index (κ2) is 9.97. The van der Waals surface area contributed by atoms with Crippen molar-refractivity contribution in [3.63, 3.8) is 0 Å². The van der Waals surface area contributed by atoms with E-state index >= 15 is 0 Å². The Bertz CT molecular complexity index is 787. The average Bonchev–Trinajstić information content (AvgIpc) is 2.71. The third-order valence-electron chi connectivity index (χ3n) is 4.06. The highest BCUT2D eigenvalue weighted by atomic mass is 16.5. The SMILES string of the molecule is CCOC(=O)C(C#N)(CCNC(=O)OCc1ccccc1)c1ccccc1. The van der Waals surface area contributed by atoms with Gasteiger partial charge >= 0.3 is 12.1 Å². The first-order valence-electron chi connectivity index (χ1n) is 8.71. The van der Waals surface area contributed by atoms with Gasteiger partial charge in [-0.25, -0.2) is 9.59 Å². The lowest BCUT2D eigenvalue weighted by Crippen LogP contribution is -2.40. The van der Waals surface area contributed by atoms with E-state index in [0.717, 1.165) is 5.56 Å². The number of esters is 1. The van der Waals surface area contributed by atoms with Crippen LogP contribution in [0.15, 0.2) is 60.7 Å². The third-order valence-corrected chi connectivity index (χ3v) is 4.06. The summed E-state index contributed by atoms with van der Waals surface area (Å²) in [6.07, 6.45) is -0.533. The molecule has 0 heterocycles. The maximum Gasteiger partial charge on any atom is 0.407 e. The smallest absolute Gasteiger partial charge is 0.407 e. The van der Waals surface area contributed by atoms with E-state index in [2.05, 4.69) is 11.4 Å². The van der Waals surface area contributed by atoms with Crippen LogP contribution in [0.4, 0.5) is 4.79 Å². The molecule has 0 radical (unpaired) electrons. The van der Waals surface area contributed by atoms with Crippen LogP contribution < -0.4 is 5.32 Å². The molecule has 1 N–H and O–H groups in total. The molecule has 6 nitrogen and oxygen atoms in total. The van der Waals surface area contributed by atoms with E-state index in [1.54, 1.807) is 37.3 Å². The molecule has 0 fully saturated rings. The number of amides is 1. The first-order chi connectivity index (χ1) is 13.1. The zero-order valence-electron chi connectivity index (χ0n) is 15.2. The summed E-state index contributed by atoms with van der Waals surface area (Å²) < 4.78 is 10.3. The second-order valence-electron chi connectivity index (χ2n) is 5.84. The van der Waals surface area contributed by atoms with E-state index in [1.807, 2.05) is 30.3 Å². The first kappa shape index (κ1) is 20.0. The number of benzene rings is 2. The molecule has 0 bridgehead atoms. The molecule has 0 aliphatic rings. The molecule has 2 aromatic carbocycles. The Hall–Kier alpha value is -3.33. The van der Waals surface area contributed by atoms with Crippen molar-refractivity contribution in [2.24, 2.45) is 0 Å². The van der Waals surface area contributed by atoms with Gasteiger partial charge < -0.3 is 14.8 Å². The van der Waals surface area contributed by atoms with E-state index in [9.17, 15) is 14.9 Å². The summed E-state index contributed by atoms with van der Waals surface area (Å²) in [7, 11) is 0. The summed E-state index contributed by atoms with van der Waals surface area (Å²) in [4.78, 5) is 24.4. The average molecular weight is 366 g/mol. The monoisotopic (exact) mass is 366 g/mol. The topological polar surface area (TPSA) is 88.4 Å². The quantitative estimate of drug-likeness (QED) is 0.724. The highest BCUT2D eigenvalue weighted by molar-refractivity contribution is 5.87. The Morgan fingerprint density at radius 1 is 1.04 bits per heavy atom. The highest BCUT2D eigenvalue weighted by Gasteiger charge is 2.42. The van der Waals surface area contributed by atoms with Crippen LogP contribution in [-0.4, -0.2) is 25.2 Å². The van der Waals surface area contributed by atoms with E-state index in [-0.39, 0.29) is 26.2 Å². The van der Waals surface area contributed by atoms with Crippen molar-refractivity contribution in [1.29, 1.82) is 5.26 Å². The number of ether oxygens (including phenoxy) is 2. The lowest BCUT2D eigenvalue weighted by Gasteiger charge is -2.25. The fourth-order valence-corrected chi connectivity index (χ4v) is 2.63.